The molecule has 0 saturated heterocycles. The van der Waals surface area contributed by atoms with Crippen molar-refractivity contribution >= 4 is 11.9 Å². The molecule has 0 aliphatic heterocycles. The molecule has 0 aromatic heterocycles. The third-order valence-corrected chi connectivity index (χ3v) is 1.52. The summed E-state index contributed by atoms with van der Waals surface area (Å²) in [5.74, 6) is -1.70. The largest absolute Gasteiger partial charge is 0.480 e. The topological polar surface area (TPSA) is 66.4 Å². The van der Waals surface area contributed by atoms with Crippen LogP contribution in [0.3, 0.4) is 0 Å². The number of amides is 1. The summed E-state index contributed by atoms with van der Waals surface area (Å²) in [4.78, 5) is 21.1. The Balaban J connectivity index is 4.38. The molecule has 0 radical (unpaired) electrons. The van der Waals surface area contributed by atoms with Crippen molar-refractivity contribution in [1.29, 1.82) is 0 Å². The van der Waals surface area contributed by atoms with Crippen molar-refractivity contribution in [3.63, 3.8) is 0 Å². The number of aliphatic carboxylic acids is 1. The molecule has 0 aliphatic carbocycles. The zero-order valence-electron chi connectivity index (χ0n) is 7.06. The molecule has 0 aromatic rings. The fourth-order valence-corrected chi connectivity index (χ4v) is 0.800. The van der Waals surface area contributed by atoms with Gasteiger partial charge in [-0.1, -0.05) is 0 Å². The van der Waals surface area contributed by atoms with Crippen LogP contribution in [0.4, 0.5) is 4.39 Å². The van der Waals surface area contributed by atoms with E-state index in [1.165, 1.54) is 13.8 Å². The van der Waals surface area contributed by atoms with Gasteiger partial charge in [0.1, 0.15) is 5.54 Å². The van der Waals surface area contributed by atoms with Gasteiger partial charge in [0.2, 0.25) is 5.91 Å². The van der Waals surface area contributed by atoms with E-state index in [4.69, 9.17) is 5.11 Å². The number of carbonyl (C=O) groups excluding carboxylic acids is 1. The average Bonchev–Trinajstić information content (AvgIpc) is 1.85. The van der Waals surface area contributed by atoms with Gasteiger partial charge in [-0.3, -0.25) is 9.18 Å². The van der Waals surface area contributed by atoms with Crippen LogP contribution >= 0.6 is 0 Å². The summed E-state index contributed by atoms with van der Waals surface area (Å²) in [6.07, 6.45) is -0.220. The zero-order chi connectivity index (χ0) is 9.78. The van der Waals surface area contributed by atoms with E-state index in [1.54, 1.807) is 0 Å². The van der Waals surface area contributed by atoms with Crippen molar-refractivity contribution in [2.45, 2.75) is 25.8 Å². The molecule has 0 aromatic carbocycles. The lowest BCUT2D eigenvalue weighted by Crippen LogP contribution is -2.51. The number of nitrogens with one attached hydrogen (secondary N) is 1. The van der Waals surface area contributed by atoms with E-state index in [0.29, 0.717) is 0 Å². The van der Waals surface area contributed by atoms with Crippen LogP contribution in [-0.4, -0.2) is 29.2 Å². The van der Waals surface area contributed by atoms with Crippen LogP contribution in [0.5, 0.6) is 0 Å². The number of alkyl halides is 1. The highest BCUT2D eigenvalue weighted by atomic mass is 19.1. The van der Waals surface area contributed by atoms with E-state index in [9.17, 15) is 14.0 Å². The molecule has 0 bridgehead atoms. The molecule has 1 unspecified atom stereocenters. The molecular weight excluding hydrogens is 165 g/mol. The Labute approximate surface area is 69.8 Å². The minimum atomic E-state index is -1.49. The van der Waals surface area contributed by atoms with Crippen molar-refractivity contribution in [1.82, 2.24) is 5.32 Å². The molecule has 0 spiro atoms. The molecule has 0 rings (SSSR count). The molecule has 12 heavy (non-hydrogen) atoms. The quantitative estimate of drug-likeness (QED) is 0.650. The van der Waals surface area contributed by atoms with Crippen LogP contribution in [0.25, 0.3) is 0 Å². The normalized spacial score (nSPS) is 14.9. The summed E-state index contributed by atoms with van der Waals surface area (Å²) >= 11 is 0. The standard InChI is InChI=1S/C7H12FNO3/c1-5(10)9-7(2,3-4-8)6(11)12/h3-4H2,1-2H3,(H,9,10)(H,11,12). The summed E-state index contributed by atoms with van der Waals surface area (Å²) in [5, 5.41) is 10.8. The predicted molar refractivity (Wildman–Crippen MR) is 40.4 cm³/mol. The van der Waals surface area contributed by atoms with Crippen LogP contribution < -0.4 is 5.32 Å². The maximum Gasteiger partial charge on any atom is 0.329 e. The monoisotopic (exact) mass is 177 g/mol. The van der Waals surface area contributed by atoms with Gasteiger partial charge in [-0.2, -0.15) is 0 Å². The highest BCUT2D eigenvalue weighted by molar-refractivity contribution is 5.85. The van der Waals surface area contributed by atoms with Gasteiger partial charge in [0, 0.05) is 13.3 Å². The maximum atomic E-state index is 11.9. The van der Waals surface area contributed by atoms with Crippen molar-refractivity contribution < 1.29 is 19.1 Å². The van der Waals surface area contributed by atoms with Crippen molar-refractivity contribution in [2.24, 2.45) is 0 Å². The van der Waals surface area contributed by atoms with Gasteiger partial charge in [0.25, 0.3) is 0 Å². The minimum absolute atomic E-state index is 0.220. The first kappa shape index (κ1) is 10.9. The maximum absolute atomic E-state index is 11.9. The molecule has 0 heterocycles. The van der Waals surface area contributed by atoms with Gasteiger partial charge in [0.15, 0.2) is 0 Å². The van der Waals surface area contributed by atoms with Crippen molar-refractivity contribution in [3.05, 3.63) is 0 Å². The molecule has 5 heteroatoms. The number of hydrogen-bond donors (Lipinski definition) is 2. The highest BCUT2D eigenvalue weighted by Gasteiger charge is 2.33. The predicted octanol–water partition coefficient (Wildman–Crippen LogP) is 0.325. The second-order valence-corrected chi connectivity index (χ2v) is 2.76. The molecule has 70 valence electrons. The van der Waals surface area contributed by atoms with E-state index in [-0.39, 0.29) is 6.42 Å². The SMILES string of the molecule is CC(=O)NC(C)(CCF)C(=O)O. The Kier molecular flexibility index (Phi) is 3.66. The molecule has 0 aliphatic rings. The van der Waals surface area contributed by atoms with Gasteiger partial charge in [-0.05, 0) is 6.92 Å². The van der Waals surface area contributed by atoms with Crippen molar-refractivity contribution in [3.8, 4) is 0 Å². The third-order valence-electron chi connectivity index (χ3n) is 1.52. The average molecular weight is 177 g/mol. The third kappa shape index (κ3) is 2.86. The van der Waals surface area contributed by atoms with Gasteiger partial charge in [-0.25, -0.2) is 4.79 Å². The number of rotatable bonds is 4. The fraction of sp³-hybridized carbons (Fsp3) is 0.714. The number of carbonyl (C=O) groups is 2. The van der Waals surface area contributed by atoms with E-state index in [2.05, 4.69) is 5.32 Å². The van der Waals surface area contributed by atoms with Gasteiger partial charge < -0.3 is 10.4 Å². The Morgan fingerprint density at radius 2 is 2.08 bits per heavy atom. The number of carboxylic acid groups (broad SMARTS) is 1. The van der Waals surface area contributed by atoms with Crippen molar-refractivity contribution in [2.75, 3.05) is 6.67 Å². The van der Waals surface area contributed by atoms with Crippen LogP contribution in [-0.2, 0) is 9.59 Å². The van der Waals surface area contributed by atoms with E-state index < -0.39 is 24.1 Å². The summed E-state index contributed by atoms with van der Waals surface area (Å²) in [7, 11) is 0. The molecule has 0 saturated carbocycles. The lowest BCUT2D eigenvalue weighted by molar-refractivity contribution is -0.147. The van der Waals surface area contributed by atoms with E-state index >= 15 is 0 Å². The minimum Gasteiger partial charge on any atom is -0.480 e. The zero-order valence-corrected chi connectivity index (χ0v) is 7.06. The smallest absolute Gasteiger partial charge is 0.329 e. The second kappa shape index (κ2) is 4.04. The van der Waals surface area contributed by atoms with Crippen LogP contribution in [0.15, 0.2) is 0 Å². The Bertz CT molecular complexity index is 195. The Hall–Kier alpha value is -1.13. The first-order valence-corrected chi connectivity index (χ1v) is 3.50. The molecular formula is C7H12FNO3. The van der Waals surface area contributed by atoms with E-state index in [1.807, 2.05) is 0 Å². The van der Waals surface area contributed by atoms with Crippen LogP contribution in [0.2, 0.25) is 0 Å². The molecule has 0 fully saturated rings. The van der Waals surface area contributed by atoms with Crippen LogP contribution in [0, 0.1) is 0 Å². The fourth-order valence-electron chi connectivity index (χ4n) is 0.800. The van der Waals surface area contributed by atoms with Gasteiger partial charge >= 0.3 is 5.97 Å². The summed E-state index contributed by atoms with van der Waals surface area (Å²) in [5.41, 5.74) is -1.49. The lowest BCUT2D eigenvalue weighted by Gasteiger charge is -2.23. The summed E-state index contributed by atoms with van der Waals surface area (Å²) in [6.45, 7) is 1.69. The number of hydrogen-bond acceptors (Lipinski definition) is 2. The van der Waals surface area contributed by atoms with Gasteiger partial charge in [-0.15, -0.1) is 0 Å². The first-order chi connectivity index (χ1) is 5.42. The molecule has 4 nitrogen and oxygen atoms in total. The molecule has 2 N–H and O–H groups in total. The molecule has 1 amide bonds. The van der Waals surface area contributed by atoms with E-state index in [0.717, 1.165) is 0 Å². The van der Waals surface area contributed by atoms with Crippen LogP contribution in [0.1, 0.15) is 20.3 Å². The highest BCUT2D eigenvalue weighted by Crippen LogP contribution is 2.09. The Morgan fingerprint density at radius 1 is 1.58 bits per heavy atom. The van der Waals surface area contributed by atoms with Gasteiger partial charge in [0.05, 0.1) is 6.67 Å². The Morgan fingerprint density at radius 3 is 2.33 bits per heavy atom. The second-order valence-electron chi connectivity index (χ2n) is 2.76. The molecule has 1 atom stereocenters. The number of carboxylic acids is 1. The first-order valence-electron chi connectivity index (χ1n) is 3.50. The number of halogens is 1. The summed E-state index contributed by atoms with van der Waals surface area (Å²) in [6, 6.07) is 0. The lowest BCUT2D eigenvalue weighted by atomic mass is 9.99. The summed E-state index contributed by atoms with van der Waals surface area (Å²) < 4.78 is 11.9.